The van der Waals surface area contributed by atoms with Crippen LogP contribution in [0.2, 0.25) is 0 Å². The molecule has 1 saturated heterocycles. The highest BCUT2D eigenvalue weighted by atomic mass is 16.5. The molecule has 1 amide bonds. The average molecular weight is 380 g/mol. The van der Waals surface area contributed by atoms with Gasteiger partial charge in [-0.05, 0) is 25.1 Å². The van der Waals surface area contributed by atoms with Crippen LogP contribution in [-0.2, 0) is 4.74 Å². The first-order valence-corrected chi connectivity index (χ1v) is 9.46. The number of hydrogen-bond donors (Lipinski definition) is 2. The molecular formula is C20H24N6O2. The number of aryl methyl sites for hydroxylation is 1. The largest absolute Gasteiger partial charge is 0.378 e. The van der Waals surface area contributed by atoms with Crippen molar-refractivity contribution in [3.63, 3.8) is 0 Å². The van der Waals surface area contributed by atoms with Gasteiger partial charge in [-0.2, -0.15) is 4.98 Å². The van der Waals surface area contributed by atoms with E-state index in [9.17, 15) is 4.79 Å². The topological polar surface area (TPSA) is 83.8 Å². The molecule has 0 aliphatic carbocycles. The fourth-order valence-corrected chi connectivity index (χ4v) is 3.22. The Morgan fingerprint density at radius 1 is 1.18 bits per heavy atom. The molecule has 3 aromatic heterocycles. The van der Waals surface area contributed by atoms with E-state index in [1.54, 1.807) is 0 Å². The lowest BCUT2D eigenvalue weighted by Crippen LogP contribution is -2.37. The number of anilines is 2. The Kier molecular flexibility index (Phi) is 5.38. The fourth-order valence-electron chi connectivity index (χ4n) is 3.22. The maximum absolute atomic E-state index is 12.3. The van der Waals surface area contributed by atoms with Gasteiger partial charge in [0.15, 0.2) is 0 Å². The summed E-state index contributed by atoms with van der Waals surface area (Å²) in [6, 6.07) is 9.72. The number of hydrogen-bond acceptors (Lipinski definition) is 6. The minimum absolute atomic E-state index is 0.0929. The van der Waals surface area contributed by atoms with Gasteiger partial charge in [-0.1, -0.05) is 6.07 Å². The van der Waals surface area contributed by atoms with Gasteiger partial charge in [0.1, 0.15) is 5.82 Å². The van der Waals surface area contributed by atoms with Crippen LogP contribution in [-0.4, -0.2) is 59.7 Å². The molecule has 8 heteroatoms. The summed E-state index contributed by atoms with van der Waals surface area (Å²) in [5.41, 5.74) is 2.55. The zero-order valence-corrected chi connectivity index (χ0v) is 15.9. The summed E-state index contributed by atoms with van der Waals surface area (Å²) in [4.78, 5) is 23.6. The van der Waals surface area contributed by atoms with E-state index in [-0.39, 0.29) is 5.91 Å². The predicted octanol–water partition coefficient (Wildman–Crippen LogP) is 1.72. The predicted molar refractivity (Wildman–Crippen MR) is 108 cm³/mol. The molecule has 0 spiro atoms. The van der Waals surface area contributed by atoms with Gasteiger partial charge in [0.2, 0.25) is 5.95 Å². The molecule has 0 radical (unpaired) electrons. The molecule has 1 aliphatic heterocycles. The molecular weight excluding hydrogens is 356 g/mol. The first-order valence-electron chi connectivity index (χ1n) is 9.46. The van der Waals surface area contributed by atoms with Gasteiger partial charge in [-0.3, -0.25) is 4.79 Å². The van der Waals surface area contributed by atoms with Gasteiger partial charge in [0.25, 0.3) is 5.91 Å². The van der Waals surface area contributed by atoms with Crippen LogP contribution in [0.4, 0.5) is 11.8 Å². The van der Waals surface area contributed by atoms with Crippen molar-refractivity contribution in [3.05, 3.63) is 54.0 Å². The summed E-state index contributed by atoms with van der Waals surface area (Å²) >= 11 is 0. The Bertz CT molecular complexity index is 931. The first-order chi connectivity index (χ1) is 13.7. The summed E-state index contributed by atoms with van der Waals surface area (Å²) in [7, 11) is 0. The van der Waals surface area contributed by atoms with Crippen LogP contribution in [0.1, 0.15) is 16.1 Å². The van der Waals surface area contributed by atoms with Crippen molar-refractivity contribution >= 4 is 23.2 Å². The van der Waals surface area contributed by atoms with Gasteiger partial charge in [0, 0.05) is 55.8 Å². The van der Waals surface area contributed by atoms with Gasteiger partial charge in [-0.15, -0.1) is 0 Å². The highest BCUT2D eigenvalue weighted by Gasteiger charge is 2.14. The van der Waals surface area contributed by atoms with E-state index in [4.69, 9.17) is 4.74 Å². The highest BCUT2D eigenvalue weighted by molar-refractivity contribution is 5.95. The zero-order valence-electron chi connectivity index (χ0n) is 15.9. The summed E-state index contributed by atoms with van der Waals surface area (Å²) in [5.74, 6) is 1.39. The van der Waals surface area contributed by atoms with Crippen molar-refractivity contribution in [2.24, 2.45) is 0 Å². The lowest BCUT2D eigenvalue weighted by molar-refractivity contribution is 0.0955. The van der Waals surface area contributed by atoms with E-state index in [0.717, 1.165) is 30.1 Å². The maximum atomic E-state index is 12.3. The Hall–Kier alpha value is -3.13. The normalized spacial score (nSPS) is 14.2. The van der Waals surface area contributed by atoms with Gasteiger partial charge >= 0.3 is 0 Å². The van der Waals surface area contributed by atoms with Crippen LogP contribution in [0.3, 0.4) is 0 Å². The van der Waals surface area contributed by atoms with E-state index < -0.39 is 0 Å². The number of amides is 1. The maximum Gasteiger partial charge on any atom is 0.252 e. The second-order valence-electron chi connectivity index (χ2n) is 6.73. The second kappa shape index (κ2) is 8.26. The molecule has 28 heavy (non-hydrogen) atoms. The van der Waals surface area contributed by atoms with Crippen molar-refractivity contribution in [2.45, 2.75) is 6.92 Å². The van der Waals surface area contributed by atoms with E-state index in [1.165, 1.54) is 0 Å². The van der Waals surface area contributed by atoms with Crippen LogP contribution >= 0.6 is 0 Å². The van der Waals surface area contributed by atoms with E-state index in [0.29, 0.717) is 37.8 Å². The zero-order chi connectivity index (χ0) is 19.3. The Morgan fingerprint density at radius 2 is 2.04 bits per heavy atom. The SMILES string of the molecule is Cc1cc(N2CCOCC2)nc(NCCNC(=O)c2cc3ccccn3c2)n1. The van der Waals surface area contributed by atoms with Gasteiger partial charge < -0.3 is 24.7 Å². The lowest BCUT2D eigenvalue weighted by Gasteiger charge is -2.28. The third kappa shape index (κ3) is 4.23. The summed E-state index contributed by atoms with van der Waals surface area (Å²) in [6.07, 6.45) is 3.76. The van der Waals surface area contributed by atoms with Crippen LogP contribution < -0.4 is 15.5 Å². The Labute approximate surface area is 163 Å². The van der Waals surface area contributed by atoms with Gasteiger partial charge in [-0.25, -0.2) is 4.98 Å². The number of pyridine rings is 1. The van der Waals surface area contributed by atoms with Gasteiger partial charge in [0.05, 0.1) is 18.8 Å². The fraction of sp³-hybridized carbons (Fsp3) is 0.350. The molecule has 146 valence electrons. The molecule has 2 N–H and O–H groups in total. The molecule has 4 heterocycles. The minimum atomic E-state index is -0.0929. The molecule has 1 aliphatic rings. The highest BCUT2D eigenvalue weighted by Crippen LogP contribution is 2.16. The van der Waals surface area contributed by atoms with Crippen molar-refractivity contribution < 1.29 is 9.53 Å². The number of aromatic nitrogens is 3. The molecule has 0 unspecified atom stereocenters. The molecule has 0 bridgehead atoms. The van der Waals surface area contributed by atoms with E-state index in [2.05, 4.69) is 25.5 Å². The summed E-state index contributed by atoms with van der Waals surface area (Å²) in [5, 5.41) is 6.12. The smallest absolute Gasteiger partial charge is 0.252 e. The number of carbonyl (C=O) groups excluding carboxylic acids is 1. The number of ether oxygens (including phenoxy) is 1. The third-order valence-corrected chi connectivity index (χ3v) is 4.64. The Balaban J connectivity index is 1.31. The number of nitrogens with zero attached hydrogens (tertiary/aromatic N) is 4. The van der Waals surface area contributed by atoms with Crippen LogP contribution in [0.25, 0.3) is 5.52 Å². The second-order valence-corrected chi connectivity index (χ2v) is 6.73. The number of nitrogens with one attached hydrogen (secondary N) is 2. The van der Waals surface area contributed by atoms with Crippen LogP contribution in [0.5, 0.6) is 0 Å². The quantitative estimate of drug-likeness (QED) is 0.634. The molecule has 8 nitrogen and oxygen atoms in total. The van der Waals surface area contributed by atoms with E-state index >= 15 is 0 Å². The molecule has 4 rings (SSSR count). The molecule has 0 atom stereocenters. The first kappa shape index (κ1) is 18.2. The monoisotopic (exact) mass is 380 g/mol. The van der Waals surface area contributed by atoms with Crippen molar-refractivity contribution in [3.8, 4) is 0 Å². The Morgan fingerprint density at radius 3 is 2.86 bits per heavy atom. The molecule has 1 fully saturated rings. The molecule has 0 aromatic carbocycles. The number of morpholine rings is 1. The molecule has 0 saturated carbocycles. The average Bonchev–Trinajstić information content (AvgIpc) is 3.16. The molecule has 3 aromatic rings. The third-order valence-electron chi connectivity index (χ3n) is 4.64. The van der Waals surface area contributed by atoms with Crippen molar-refractivity contribution in [2.75, 3.05) is 49.6 Å². The van der Waals surface area contributed by atoms with Crippen LogP contribution in [0.15, 0.2) is 42.7 Å². The van der Waals surface area contributed by atoms with Crippen LogP contribution in [0, 0.1) is 6.92 Å². The lowest BCUT2D eigenvalue weighted by atomic mass is 10.3. The summed E-state index contributed by atoms with van der Waals surface area (Å²) < 4.78 is 7.33. The minimum Gasteiger partial charge on any atom is -0.378 e. The summed E-state index contributed by atoms with van der Waals surface area (Å²) in [6.45, 7) is 6.08. The standard InChI is InChI=1S/C20H24N6O2/c1-15-12-18(25-8-10-28-11-9-25)24-20(23-15)22-6-5-21-19(27)16-13-17-4-2-3-7-26(17)14-16/h2-4,7,12-14H,5-6,8-11H2,1H3,(H,21,27)(H,22,23,24). The number of rotatable bonds is 6. The van der Waals surface area contributed by atoms with E-state index in [1.807, 2.05) is 54.0 Å². The van der Waals surface area contributed by atoms with Crippen molar-refractivity contribution in [1.82, 2.24) is 19.7 Å². The number of fused-ring (bicyclic) bond motifs is 1. The number of carbonyl (C=O) groups is 1. The van der Waals surface area contributed by atoms with Crippen molar-refractivity contribution in [1.29, 1.82) is 0 Å².